The van der Waals surface area contributed by atoms with E-state index in [9.17, 15) is 0 Å². The van der Waals surface area contributed by atoms with Crippen LogP contribution < -0.4 is 0 Å². The number of rotatable bonds is 0. The molecule has 0 spiro atoms. The molecule has 4 rings (SSSR count). The van der Waals surface area contributed by atoms with Gasteiger partial charge in [0, 0.05) is 24.2 Å². The molecule has 2 aliphatic rings. The third-order valence-corrected chi connectivity index (χ3v) is 3.68. The first kappa shape index (κ1) is 6.98. The molecule has 0 aliphatic heterocycles. The lowest BCUT2D eigenvalue weighted by molar-refractivity contribution is 0.689. The van der Waals surface area contributed by atoms with Crippen LogP contribution in [0.3, 0.4) is 0 Å². The lowest BCUT2D eigenvalue weighted by Gasteiger charge is -2.08. The van der Waals surface area contributed by atoms with Gasteiger partial charge in [-0.2, -0.15) is 0 Å². The summed E-state index contributed by atoms with van der Waals surface area (Å²) in [6.07, 6.45) is 7.92. The van der Waals surface area contributed by atoms with Crippen LogP contribution in [0, 0.1) is 0 Å². The summed E-state index contributed by atoms with van der Waals surface area (Å²) < 4.78 is 2.18. The largest absolute Gasteiger partial charge is 0.288 e. The van der Waals surface area contributed by atoms with Crippen LogP contribution >= 0.6 is 0 Å². The molecule has 1 fully saturated rings. The fourth-order valence-corrected chi connectivity index (χ4v) is 3.11. The molecule has 2 heterocycles. The molecule has 70 valence electrons. The number of imidazole rings is 1. The normalized spacial score (nSPS) is 28.6. The van der Waals surface area contributed by atoms with Crippen LogP contribution in [0.1, 0.15) is 42.5 Å². The molecule has 2 atom stereocenters. The van der Waals surface area contributed by atoms with Gasteiger partial charge >= 0.3 is 0 Å². The number of nitrogens with zero attached hydrogens (tertiary/aromatic N) is 3. The van der Waals surface area contributed by atoms with Gasteiger partial charge in [-0.3, -0.25) is 4.40 Å². The van der Waals surface area contributed by atoms with Crippen molar-refractivity contribution in [3.05, 3.63) is 29.8 Å². The summed E-state index contributed by atoms with van der Waals surface area (Å²) in [4.78, 5) is 8.92. The number of aromatic nitrogens is 3. The van der Waals surface area contributed by atoms with E-state index in [0.29, 0.717) is 0 Å². The van der Waals surface area contributed by atoms with Crippen molar-refractivity contribution in [2.24, 2.45) is 0 Å². The van der Waals surface area contributed by atoms with Crippen LogP contribution in [0.4, 0.5) is 0 Å². The Balaban J connectivity index is 2.13. The maximum Gasteiger partial charge on any atom is 0.234 e. The van der Waals surface area contributed by atoms with Crippen molar-refractivity contribution in [3.8, 4) is 0 Å². The van der Waals surface area contributed by atoms with Gasteiger partial charge < -0.3 is 0 Å². The fraction of sp³-hybridized carbons (Fsp3) is 0.455. The molecule has 2 aliphatic carbocycles. The summed E-state index contributed by atoms with van der Waals surface area (Å²) in [6.45, 7) is 0. The monoisotopic (exact) mass is 185 g/mol. The Morgan fingerprint density at radius 3 is 3.21 bits per heavy atom. The second-order valence-corrected chi connectivity index (χ2v) is 4.38. The van der Waals surface area contributed by atoms with Gasteiger partial charge in [0.25, 0.3) is 0 Å². The first-order valence-corrected chi connectivity index (χ1v) is 5.26. The molecule has 2 unspecified atom stereocenters. The van der Waals surface area contributed by atoms with E-state index in [1.807, 2.05) is 12.3 Å². The zero-order chi connectivity index (χ0) is 9.12. The second-order valence-electron chi connectivity index (χ2n) is 4.38. The molecular formula is C11H11N3. The summed E-state index contributed by atoms with van der Waals surface area (Å²) >= 11 is 0. The lowest BCUT2D eigenvalue weighted by Crippen LogP contribution is -1.99. The molecule has 1 saturated carbocycles. The van der Waals surface area contributed by atoms with E-state index in [1.54, 1.807) is 0 Å². The lowest BCUT2D eigenvalue weighted by atomic mass is 10.0. The molecule has 3 nitrogen and oxygen atoms in total. The molecule has 14 heavy (non-hydrogen) atoms. The van der Waals surface area contributed by atoms with Gasteiger partial charge in [0.05, 0.1) is 11.4 Å². The molecule has 2 aromatic heterocycles. The van der Waals surface area contributed by atoms with E-state index >= 15 is 0 Å². The Morgan fingerprint density at radius 1 is 1.29 bits per heavy atom. The van der Waals surface area contributed by atoms with Gasteiger partial charge in [-0.25, -0.2) is 9.97 Å². The maximum atomic E-state index is 4.63. The van der Waals surface area contributed by atoms with Gasteiger partial charge in [0.2, 0.25) is 5.78 Å². The summed E-state index contributed by atoms with van der Waals surface area (Å²) in [5.41, 5.74) is 2.78. The number of fused-ring (bicyclic) bond motifs is 7. The van der Waals surface area contributed by atoms with Crippen LogP contribution in [0.15, 0.2) is 18.5 Å². The van der Waals surface area contributed by atoms with Gasteiger partial charge in [-0.15, -0.1) is 0 Å². The van der Waals surface area contributed by atoms with E-state index < -0.39 is 0 Å². The van der Waals surface area contributed by atoms with Crippen LogP contribution in [0.5, 0.6) is 0 Å². The van der Waals surface area contributed by atoms with Crippen molar-refractivity contribution >= 4 is 5.78 Å². The molecule has 2 aromatic rings. The predicted octanol–water partition coefficient (Wildman–Crippen LogP) is 2.09. The smallest absolute Gasteiger partial charge is 0.234 e. The van der Waals surface area contributed by atoms with Crippen molar-refractivity contribution in [1.82, 2.24) is 14.4 Å². The average Bonchev–Trinajstić information content (AvgIpc) is 2.88. The van der Waals surface area contributed by atoms with Crippen molar-refractivity contribution in [3.63, 3.8) is 0 Å². The molecule has 2 bridgehead atoms. The highest BCUT2D eigenvalue weighted by Gasteiger charge is 2.40. The van der Waals surface area contributed by atoms with E-state index in [0.717, 1.165) is 17.6 Å². The van der Waals surface area contributed by atoms with Crippen molar-refractivity contribution in [2.45, 2.75) is 31.1 Å². The Morgan fingerprint density at radius 2 is 2.21 bits per heavy atom. The predicted molar refractivity (Wildman–Crippen MR) is 52.3 cm³/mol. The van der Waals surface area contributed by atoms with Gasteiger partial charge in [0.15, 0.2) is 0 Å². The highest BCUT2D eigenvalue weighted by atomic mass is 15.1. The fourth-order valence-electron chi connectivity index (χ4n) is 3.11. The van der Waals surface area contributed by atoms with E-state index in [-0.39, 0.29) is 0 Å². The van der Waals surface area contributed by atoms with Crippen molar-refractivity contribution in [2.75, 3.05) is 0 Å². The zero-order valence-corrected chi connectivity index (χ0v) is 7.85. The van der Waals surface area contributed by atoms with Gasteiger partial charge in [-0.1, -0.05) is 0 Å². The maximum absolute atomic E-state index is 4.63. The Bertz CT molecular complexity index is 514. The van der Waals surface area contributed by atoms with E-state index in [1.165, 1.54) is 30.7 Å². The minimum atomic E-state index is 0.733. The van der Waals surface area contributed by atoms with Crippen molar-refractivity contribution in [1.29, 1.82) is 0 Å². The summed E-state index contributed by atoms with van der Waals surface area (Å²) in [5.74, 6) is 2.38. The summed E-state index contributed by atoms with van der Waals surface area (Å²) in [5, 5.41) is 0. The molecule has 3 heteroatoms. The minimum Gasteiger partial charge on any atom is -0.288 e. The minimum absolute atomic E-state index is 0.733. The zero-order valence-electron chi connectivity index (χ0n) is 7.85. The van der Waals surface area contributed by atoms with Crippen LogP contribution in [-0.2, 0) is 0 Å². The summed E-state index contributed by atoms with van der Waals surface area (Å²) in [6, 6.07) is 1.99. The quantitative estimate of drug-likeness (QED) is 0.629. The molecule has 0 amide bonds. The molecule has 0 saturated heterocycles. The second kappa shape index (κ2) is 2.16. The first-order valence-electron chi connectivity index (χ1n) is 5.26. The average molecular weight is 185 g/mol. The Kier molecular flexibility index (Phi) is 1.08. The van der Waals surface area contributed by atoms with Gasteiger partial charge in [-0.05, 0) is 25.3 Å². The molecule has 0 N–H and O–H groups in total. The van der Waals surface area contributed by atoms with Crippen molar-refractivity contribution < 1.29 is 0 Å². The summed E-state index contributed by atoms with van der Waals surface area (Å²) in [7, 11) is 0. The first-order chi connectivity index (χ1) is 6.93. The third kappa shape index (κ3) is 0.659. The van der Waals surface area contributed by atoms with Gasteiger partial charge in [0.1, 0.15) is 0 Å². The highest BCUT2D eigenvalue weighted by Crippen LogP contribution is 2.52. The van der Waals surface area contributed by atoms with E-state index in [2.05, 4.69) is 20.6 Å². The van der Waals surface area contributed by atoms with E-state index in [4.69, 9.17) is 0 Å². The molecule has 0 aromatic carbocycles. The highest BCUT2D eigenvalue weighted by molar-refractivity contribution is 5.43. The van der Waals surface area contributed by atoms with Crippen LogP contribution in [0.2, 0.25) is 0 Å². The van der Waals surface area contributed by atoms with Crippen LogP contribution in [-0.4, -0.2) is 14.4 Å². The van der Waals surface area contributed by atoms with Crippen LogP contribution in [0.25, 0.3) is 5.78 Å². The SMILES string of the molecule is c1cnc2nc3c(n2c1)C1CCC3C1. The number of hydrogen-bond acceptors (Lipinski definition) is 2. The Labute approximate surface area is 81.8 Å². The Hall–Kier alpha value is -1.38. The third-order valence-electron chi connectivity index (χ3n) is 3.68. The molecular weight excluding hydrogens is 174 g/mol. The standard InChI is InChI=1S/C11H11N3/c1-4-12-11-13-9-7-2-3-8(6-7)10(9)14(11)5-1/h1,4-5,7-8H,2-3,6H2. The number of hydrogen-bond donors (Lipinski definition) is 0. The molecule has 0 radical (unpaired) electrons. The topological polar surface area (TPSA) is 30.2 Å².